The molecule has 5 heteroatoms. The summed E-state index contributed by atoms with van der Waals surface area (Å²) in [6.45, 7) is 3.39. The number of aliphatic imine (C=N–C) groups is 1. The molecule has 0 aliphatic rings. The van der Waals surface area contributed by atoms with Gasteiger partial charge in [0.05, 0.1) is 6.54 Å². The van der Waals surface area contributed by atoms with Crippen LogP contribution in [0.15, 0.2) is 41.0 Å². The van der Waals surface area contributed by atoms with E-state index in [0.717, 1.165) is 24.1 Å². The number of pyridine rings is 1. The zero-order valence-corrected chi connectivity index (χ0v) is 11.8. The first-order valence-electron chi connectivity index (χ1n) is 6.21. The molecule has 2 heterocycles. The van der Waals surface area contributed by atoms with Crippen LogP contribution in [-0.4, -0.2) is 17.5 Å². The second-order valence-electron chi connectivity index (χ2n) is 4.33. The lowest BCUT2D eigenvalue weighted by Crippen LogP contribution is -2.33. The number of hydrogen-bond donors (Lipinski definition) is 2. The van der Waals surface area contributed by atoms with E-state index in [0.29, 0.717) is 12.5 Å². The maximum absolute atomic E-state index is 5.82. The van der Waals surface area contributed by atoms with Gasteiger partial charge in [0.1, 0.15) is 0 Å². The summed E-state index contributed by atoms with van der Waals surface area (Å²) in [5.41, 5.74) is 8.03. The molecule has 3 N–H and O–H groups in total. The number of hydrogen-bond acceptors (Lipinski definition) is 3. The Morgan fingerprint density at radius 2 is 2.37 bits per heavy atom. The number of guanidine groups is 1. The van der Waals surface area contributed by atoms with E-state index in [-0.39, 0.29) is 0 Å². The van der Waals surface area contributed by atoms with Crippen molar-refractivity contribution in [2.24, 2.45) is 10.7 Å². The van der Waals surface area contributed by atoms with Gasteiger partial charge in [-0.25, -0.2) is 4.99 Å². The van der Waals surface area contributed by atoms with Crippen LogP contribution in [0.2, 0.25) is 0 Å². The van der Waals surface area contributed by atoms with E-state index >= 15 is 0 Å². The van der Waals surface area contributed by atoms with Gasteiger partial charge in [0.2, 0.25) is 0 Å². The molecule has 0 aliphatic carbocycles. The fourth-order valence-corrected chi connectivity index (χ4v) is 2.41. The average molecular weight is 274 g/mol. The van der Waals surface area contributed by atoms with Crippen LogP contribution in [0.1, 0.15) is 16.0 Å². The van der Waals surface area contributed by atoms with Crippen LogP contribution in [0, 0.1) is 6.92 Å². The Kier molecular flexibility index (Phi) is 4.92. The molecule has 0 fully saturated rings. The number of aryl methyl sites for hydroxylation is 1. The highest BCUT2D eigenvalue weighted by molar-refractivity contribution is 7.09. The number of nitrogens with two attached hydrogens (primary N) is 1. The van der Waals surface area contributed by atoms with Crippen molar-refractivity contribution in [3.8, 4) is 0 Å². The molecule has 0 saturated heterocycles. The van der Waals surface area contributed by atoms with Crippen LogP contribution >= 0.6 is 11.3 Å². The first-order valence-corrected chi connectivity index (χ1v) is 7.09. The predicted molar refractivity (Wildman–Crippen MR) is 80.3 cm³/mol. The Morgan fingerprint density at radius 3 is 3.11 bits per heavy atom. The summed E-state index contributed by atoms with van der Waals surface area (Å²) in [5, 5.41) is 5.20. The molecular weight excluding hydrogens is 256 g/mol. The Morgan fingerprint density at radius 1 is 1.47 bits per heavy atom. The number of aromatic nitrogens is 1. The molecule has 100 valence electrons. The molecule has 2 aromatic heterocycles. The minimum Gasteiger partial charge on any atom is -0.370 e. The van der Waals surface area contributed by atoms with Gasteiger partial charge in [-0.1, -0.05) is 12.1 Å². The summed E-state index contributed by atoms with van der Waals surface area (Å²) in [6.07, 6.45) is 4.62. The van der Waals surface area contributed by atoms with E-state index < -0.39 is 0 Å². The van der Waals surface area contributed by atoms with Crippen molar-refractivity contribution in [1.82, 2.24) is 10.3 Å². The van der Waals surface area contributed by atoms with Crippen molar-refractivity contribution >= 4 is 17.3 Å². The van der Waals surface area contributed by atoms with Gasteiger partial charge in [-0.05, 0) is 35.9 Å². The minimum atomic E-state index is 0.484. The van der Waals surface area contributed by atoms with E-state index in [1.54, 1.807) is 11.3 Å². The first kappa shape index (κ1) is 13.5. The van der Waals surface area contributed by atoms with Crippen LogP contribution in [0.5, 0.6) is 0 Å². The average Bonchev–Trinajstić information content (AvgIpc) is 2.90. The molecule has 0 aliphatic heterocycles. The summed E-state index contributed by atoms with van der Waals surface area (Å²) in [5.74, 6) is 0.484. The van der Waals surface area contributed by atoms with E-state index in [2.05, 4.69) is 38.9 Å². The number of rotatable bonds is 5. The van der Waals surface area contributed by atoms with E-state index in [4.69, 9.17) is 5.73 Å². The molecule has 4 nitrogen and oxygen atoms in total. The number of nitrogens with zero attached hydrogens (tertiary/aromatic N) is 2. The molecule has 0 radical (unpaired) electrons. The maximum Gasteiger partial charge on any atom is 0.188 e. The van der Waals surface area contributed by atoms with Gasteiger partial charge in [-0.3, -0.25) is 4.98 Å². The molecular formula is C14H18N4S. The Bertz CT molecular complexity index is 534. The van der Waals surface area contributed by atoms with Crippen molar-refractivity contribution in [2.75, 3.05) is 6.54 Å². The maximum atomic E-state index is 5.82. The molecule has 0 bridgehead atoms. The number of thiophene rings is 1. The highest BCUT2D eigenvalue weighted by Crippen LogP contribution is 2.08. The van der Waals surface area contributed by atoms with Gasteiger partial charge in [0, 0.05) is 23.8 Å². The summed E-state index contributed by atoms with van der Waals surface area (Å²) in [6, 6.07) is 6.25. The topological polar surface area (TPSA) is 63.3 Å². The third-order valence-electron chi connectivity index (χ3n) is 2.62. The molecule has 0 amide bonds. The molecule has 0 spiro atoms. The van der Waals surface area contributed by atoms with Crippen molar-refractivity contribution in [1.29, 1.82) is 0 Å². The second-order valence-corrected chi connectivity index (χ2v) is 5.36. The fourth-order valence-electron chi connectivity index (χ4n) is 1.70. The van der Waals surface area contributed by atoms with Crippen LogP contribution < -0.4 is 11.1 Å². The zero-order valence-electron chi connectivity index (χ0n) is 11.0. The zero-order chi connectivity index (χ0) is 13.5. The summed E-state index contributed by atoms with van der Waals surface area (Å²) in [7, 11) is 0. The fraction of sp³-hybridized carbons (Fsp3) is 0.286. The summed E-state index contributed by atoms with van der Waals surface area (Å²) < 4.78 is 0. The van der Waals surface area contributed by atoms with Gasteiger partial charge >= 0.3 is 0 Å². The lowest BCUT2D eigenvalue weighted by atomic mass is 10.2. The monoisotopic (exact) mass is 274 g/mol. The summed E-state index contributed by atoms with van der Waals surface area (Å²) >= 11 is 1.76. The Hall–Kier alpha value is -1.88. The second kappa shape index (κ2) is 6.89. The Balaban J connectivity index is 1.76. The number of nitrogens with one attached hydrogen (secondary N) is 1. The molecule has 2 aromatic rings. The third kappa shape index (κ3) is 4.71. The molecule has 0 unspecified atom stereocenters. The van der Waals surface area contributed by atoms with E-state index in [1.807, 2.05) is 19.3 Å². The van der Waals surface area contributed by atoms with Gasteiger partial charge in [-0.2, -0.15) is 0 Å². The van der Waals surface area contributed by atoms with Crippen molar-refractivity contribution < 1.29 is 0 Å². The van der Waals surface area contributed by atoms with Gasteiger partial charge < -0.3 is 11.1 Å². The minimum absolute atomic E-state index is 0.484. The van der Waals surface area contributed by atoms with Gasteiger partial charge in [0.25, 0.3) is 0 Å². The standard InChI is InChI=1S/C14H18N4S/c1-11-7-12(9-16-8-11)10-18-14(15)17-5-4-13-3-2-6-19-13/h2-3,6-9H,4-5,10H2,1H3,(H3,15,17,18). The quantitative estimate of drug-likeness (QED) is 0.648. The largest absolute Gasteiger partial charge is 0.370 e. The SMILES string of the molecule is Cc1cncc(CN=C(N)NCCc2cccs2)c1. The molecule has 0 atom stereocenters. The first-order chi connectivity index (χ1) is 9.24. The lowest BCUT2D eigenvalue weighted by molar-refractivity contribution is 0.856. The summed E-state index contributed by atoms with van der Waals surface area (Å²) in [4.78, 5) is 9.78. The van der Waals surface area contributed by atoms with Crippen LogP contribution in [0.4, 0.5) is 0 Å². The van der Waals surface area contributed by atoms with E-state index in [9.17, 15) is 0 Å². The highest BCUT2D eigenvalue weighted by Gasteiger charge is 1.96. The van der Waals surface area contributed by atoms with Gasteiger partial charge in [0.15, 0.2) is 5.96 Å². The van der Waals surface area contributed by atoms with Crippen molar-refractivity contribution in [2.45, 2.75) is 19.9 Å². The van der Waals surface area contributed by atoms with Crippen LogP contribution in [-0.2, 0) is 13.0 Å². The smallest absolute Gasteiger partial charge is 0.188 e. The Labute approximate surface area is 117 Å². The molecule has 0 aromatic carbocycles. The normalized spacial score (nSPS) is 11.5. The van der Waals surface area contributed by atoms with E-state index in [1.165, 1.54) is 4.88 Å². The van der Waals surface area contributed by atoms with Crippen molar-refractivity contribution in [3.05, 3.63) is 52.0 Å². The third-order valence-corrected chi connectivity index (χ3v) is 3.56. The van der Waals surface area contributed by atoms with Gasteiger partial charge in [-0.15, -0.1) is 11.3 Å². The molecule has 0 saturated carbocycles. The van der Waals surface area contributed by atoms with Crippen LogP contribution in [0.25, 0.3) is 0 Å². The predicted octanol–water partition coefficient (Wildman–Crippen LogP) is 2.10. The molecule has 2 rings (SSSR count). The highest BCUT2D eigenvalue weighted by atomic mass is 32.1. The van der Waals surface area contributed by atoms with Crippen molar-refractivity contribution in [3.63, 3.8) is 0 Å². The molecule has 19 heavy (non-hydrogen) atoms. The van der Waals surface area contributed by atoms with Crippen LogP contribution in [0.3, 0.4) is 0 Å². The lowest BCUT2D eigenvalue weighted by Gasteiger charge is -2.04.